The first kappa shape index (κ1) is 14.6. The Morgan fingerprint density at radius 1 is 1.50 bits per heavy atom. The zero-order valence-corrected chi connectivity index (χ0v) is 11.2. The highest BCUT2D eigenvalue weighted by Gasteiger charge is 2.28. The Morgan fingerprint density at radius 2 is 2.11 bits per heavy atom. The summed E-state index contributed by atoms with van der Waals surface area (Å²) in [6.07, 6.45) is 0.809. The Balaban J connectivity index is 3.27. The minimum atomic E-state index is -0.967. The lowest BCUT2D eigenvalue weighted by Gasteiger charge is -2.23. The SMILES string of the molecule is CCc1ccc(F)c(C(C)C(NC)C(=O)O)c1C. The molecule has 2 unspecified atom stereocenters. The van der Waals surface area contributed by atoms with Crippen LogP contribution < -0.4 is 5.32 Å². The second-order valence-electron chi connectivity index (χ2n) is 4.49. The summed E-state index contributed by atoms with van der Waals surface area (Å²) < 4.78 is 14.0. The standard InChI is InChI=1S/C14H20FNO2/c1-5-10-6-7-11(15)12(8(10)2)9(3)13(16-4)14(17)18/h6-7,9,13,16H,5H2,1-4H3,(H,17,18). The van der Waals surface area contributed by atoms with E-state index in [9.17, 15) is 9.18 Å². The van der Waals surface area contributed by atoms with Gasteiger partial charge in [-0.15, -0.1) is 0 Å². The van der Waals surface area contributed by atoms with Crippen molar-refractivity contribution in [3.8, 4) is 0 Å². The fourth-order valence-electron chi connectivity index (χ4n) is 2.44. The van der Waals surface area contributed by atoms with Gasteiger partial charge in [-0.3, -0.25) is 4.79 Å². The normalized spacial score (nSPS) is 14.3. The lowest BCUT2D eigenvalue weighted by molar-refractivity contribution is -0.139. The molecule has 0 aliphatic rings. The van der Waals surface area contributed by atoms with Crippen molar-refractivity contribution in [2.45, 2.75) is 39.2 Å². The number of halogens is 1. The van der Waals surface area contributed by atoms with Crippen LogP contribution in [0, 0.1) is 12.7 Å². The number of aliphatic carboxylic acids is 1. The fraction of sp³-hybridized carbons (Fsp3) is 0.500. The van der Waals surface area contributed by atoms with Crippen molar-refractivity contribution in [1.29, 1.82) is 0 Å². The maximum absolute atomic E-state index is 14.0. The number of benzene rings is 1. The number of nitrogens with one attached hydrogen (secondary N) is 1. The maximum Gasteiger partial charge on any atom is 0.321 e. The second-order valence-corrected chi connectivity index (χ2v) is 4.49. The van der Waals surface area contributed by atoms with E-state index in [1.54, 1.807) is 20.0 Å². The van der Waals surface area contributed by atoms with E-state index in [2.05, 4.69) is 5.32 Å². The molecule has 0 aromatic heterocycles. The van der Waals surface area contributed by atoms with Crippen LogP contribution in [0.5, 0.6) is 0 Å². The van der Waals surface area contributed by atoms with Crippen LogP contribution in [0.1, 0.15) is 36.5 Å². The highest BCUT2D eigenvalue weighted by atomic mass is 19.1. The molecule has 0 spiro atoms. The van der Waals surface area contributed by atoms with Crippen LogP contribution >= 0.6 is 0 Å². The first-order chi connectivity index (χ1) is 8.43. The predicted octanol–water partition coefficient (Wildman–Crippen LogP) is 2.47. The van der Waals surface area contributed by atoms with Gasteiger partial charge in [0.05, 0.1) is 0 Å². The van der Waals surface area contributed by atoms with Crippen LogP contribution in [0.4, 0.5) is 4.39 Å². The summed E-state index contributed by atoms with van der Waals surface area (Å²) in [4.78, 5) is 11.1. The van der Waals surface area contributed by atoms with E-state index in [-0.39, 0.29) is 5.82 Å². The summed E-state index contributed by atoms with van der Waals surface area (Å²) in [7, 11) is 1.58. The lowest BCUT2D eigenvalue weighted by Crippen LogP contribution is -2.39. The second kappa shape index (κ2) is 5.96. The van der Waals surface area contributed by atoms with Gasteiger partial charge in [-0.25, -0.2) is 4.39 Å². The van der Waals surface area contributed by atoms with Crippen molar-refractivity contribution in [1.82, 2.24) is 5.32 Å². The first-order valence-electron chi connectivity index (χ1n) is 6.11. The van der Waals surface area contributed by atoms with E-state index < -0.39 is 17.9 Å². The van der Waals surface area contributed by atoms with Crippen molar-refractivity contribution in [3.63, 3.8) is 0 Å². The summed E-state index contributed by atoms with van der Waals surface area (Å²) in [6.45, 7) is 5.59. The number of carboxylic acid groups (broad SMARTS) is 1. The molecule has 18 heavy (non-hydrogen) atoms. The Kier molecular flexibility index (Phi) is 4.84. The molecule has 0 bridgehead atoms. The molecule has 0 radical (unpaired) electrons. The minimum absolute atomic E-state index is 0.335. The van der Waals surface area contributed by atoms with Crippen molar-refractivity contribution in [3.05, 3.63) is 34.6 Å². The third kappa shape index (κ3) is 2.70. The third-order valence-electron chi connectivity index (χ3n) is 3.49. The van der Waals surface area contributed by atoms with E-state index in [0.29, 0.717) is 5.56 Å². The van der Waals surface area contributed by atoms with Crippen LogP contribution in [0.2, 0.25) is 0 Å². The van der Waals surface area contributed by atoms with Crippen LogP contribution in [0.25, 0.3) is 0 Å². The molecular weight excluding hydrogens is 233 g/mol. The Bertz CT molecular complexity index is 446. The van der Waals surface area contributed by atoms with Gasteiger partial charge in [0, 0.05) is 5.92 Å². The van der Waals surface area contributed by atoms with Gasteiger partial charge in [-0.2, -0.15) is 0 Å². The molecule has 1 aromatic rings. The molecule has 0 amide bonds. The van der Waals surface area contributed by atoms with Gasteiger partial charge in [-0.05, 0) is 43.1 Å². The van der Waals surface area contributed by atoms with Crippen LogP contribution in [-0.4, -0.2) is 24.2 Å². The first-order valence-corrected chi connectivity index (χ1v) is 6.11. The Labute approximate surface area is 107 Å². The van der Waals surface area contributed by atoms with E-state index in [1.165, 1.54) is 6.07 Å². The highest BCUT2D eigenvalue weighted by Crippen LogP contribution is 2.28. The number of carboxylic acids is 1. The van der Waals surface area contributed by atoms with Crippen molar-refractivity contribution < 1.29 is 14.3 Å². The molecule has 0 heterocycles. The quantitative estimate of drug-likeness (QED) is 0.847. The summed E-state index contributed by atoms with van der Waals surface area (Å²) in [5, 5.41) is 11.9. The van der Waals surface area contributed by atoms with E-state index in [1.807, 2.05) is 13.8 Å². The Hall–Kier alpha value is -1.42. The van der Waals surface area contributed by atoms with Gasteiger partial charge in [0.1, 0.15) is 11.9 Å². The third-order valence-corrected chi connectivity index (χ3v) is 3.49. The molecule has 2 atom stereocenters. The average molecular weight is 253 g/mol. The lowest BCUT2D eigenvalue weighted by atomic mass is 9.87. The van der Waals surface area contributed by atoms with Crippen molar-refractivity contribution in [2.75, 3.05) is 7.05 Å². The molecule has 1 aromatic carbocycles. The molecule has 100 valence electrons. The molecule has 4 heteroatoms. The molecule has 0 aliphatic heterocycles. The summed E-state index contributed by atoms with van der Waals surface area (Å²) in [5.41, 5.74) is 2.40. The van der Waals surface area contributed by atoms with E-state index in [4.69, 9.17) is 5.11 Å². The largest absolute Gasteiger partial charge is 0.480 e. The molecule has 0 aliphatic carbocycles. The molecule has 0 fully saturated rings. The van der Waals surface area contributed by atoms with E-state index >= 15 is 0 Å². The summed E-state index contributed by atoms with van der Waals surface area (Å²) in [6, 6.07) is 2.40. The van der Waals surface area contributed by atoms with Gasteiger partial charge in [-0.1, -0.05) is 19.9 Å². The topological polar surface area (TPSA) is 49.3 Å². The van der Waals surface area contributed by atoms with Crippen LogP contribution in [0.15, 0.2) is 12.1 Å². The predicted molar refractivity (Wildman–Crippen MR) is 69.4 cm³/mol. The van der Waals surface area contributed by atoms with Gasteiger partial charge >= 0.3 is 5.97 Å². The summed E-state index contributed by atoms with van der Waals surface area (Å²) >= 11 is 0. The minimum Gasteiger partial charge on any atom is -0.480 e. The molecule has 3 nitrogen and oxygen atoms in total. The summed E-state index contributed by atoms with van der Waals surface area (Å²) in [5.74, 6) is -1.72. The monoisotopic (exact) mass is 253 g/mol. The maximum atomic E-state index is 14.0. The van der Waals surface area contributed by atoms with E-state index in [0.717, 1.165) is 17.5 Å². The molecule has 0 saturated carbocycles. The smallest absolute Gasteiger partial charge is 0.321 e. The number of hydrogen-bond acceptors (Lipinski definition) is 2. The molecule has 1 rings (SSSR count). The molecule has 0 saturated heterocycles. The average Bonchev–Trinajstić information content (AvgIpc) is 2.29. The highest BCUT2D eigenvalue weighted by molar-refractivity contribution is 5.75. The van der Waals surface area contributed by atoms with Gasteiger partial charge in [0.15, 0.2) is 0 Å². The Morgan fingerprint density at radius 3 is 2.56 bits per heavy atom. The van der Waals surface area contributed by atoms with Crippen LogP contribution in [0.3, 0.4) is 0 Å². The molecular formula is C14H20FNO2. The van der Waals surface area contributed by atoms with Crippen molar-refractivity contribution in [2.24, 2.45) is 0 Å². The number of aryl methyl sites for hydroxylation is 1. The van der Waals surface area contributed by atoms with Crippen molar-refractivity contribution >= 4 is 5.97 Å². The number of carbonyl (C=O) groups is 1. The number of likely N-dealkylation sites (N-methyl/N-ethyl adjacent to an activating group) is 1. The fourth-order valence-corrected chi connectivity index (χ4v) is 2.44. The van der Waals surface area contributed by atoms with Crippen LogP contribution in [-0.2, 0) is 11.2 Å². The van der Waals surface area contributed by atoms with Gasteiger partial charge in [0.2, 0.25) is 0 Å². The zero-order valence-electron chi connectivity index (χ0n) is 11.2. The number of hydrogen-bond donors (Lipinski definition) is 2. The number of rotatable bonds is 5. The van der Waals surface area contributed by atoms with Gasteiger partial charge < -0.3 is 10.4 Å². The van der Waals surface area contributed by atoms with Gasteiger partial charge in [0.25, 0.3) is 0 Å². The molecule has 2 N–H and O–H groups in total. The zero-order chi connectivity index (χ0) is 13.9.